The summed E-state index contributed by atoms with van der Waals surface area (Å²) in [6.45, 7) is 9.47. The van der Waals surface area contributed by atoms with Gasteiger partial charge in [-0.25, -0.2) is 0 Å². The lowest BCUT2D eigenvalue weighted by atomic mass is 9.63. The molecular weight excluding hydrogens is 412 g/mol. The fourth-order valence-electron chi connectivity index (χ4n) is 5.44. The van der Waals surface area contributed by atoms with E-state index >= 15 is 0 Å². The Kier molecular flexibility index (Phi) is 4.11. The molecule has 2 heteroatoms. The topological polar surface area (TPSA) is 13.1 Å². The van der Waals surface area contributed by atoms with E-state index in [9.17, 15) is 0 Å². The van der Waals surface area contributed by atoms with E-state index in [2.05, 4.69) is 82.3 Å². The number of hydrogen-bond donors (Lipinski definition) is 0. The molecule has 0 atom stereocenters. The van der Waals surface area contributed by atoms with Crippen molar-refractivity contribution in [3.63, 3.8) is 0 Å². The van der Waals surface area contributed by atoms with Crippen LogP contribution in [0.3, 0.4) is 0 Å². The van der Waals surface area contributed by atoms with Crippen LogP contribution in [0.1, 0.15) is 51.7 Å². The summed E-state index contributed by atoms with van der Waals surface area (Å²) in [5, 5.41) is 5.44. The van der Waals surface area contributed by atoms with Crippen molar-refractivity contribution >= 4 is 44.3 Å². The summed E-state index contributed by atoms with van der Waals surface area (Å²) in [4.78, 5) is 0. The number of rotatable bonds is 1. The number of fused-ring (bicyclic) bond motifs is 5. The molecule has 1 heterocycles. The molecular formula is C30H27ClO. The van der Waals surface area contributed by atoms with Crippen LogP contribution in [0, 0.1) is 0 Å². The van der Waals surface area contributed by atoms with E-state index in [1.165, 1.54) is 45.9 Å². The van der Waals surface area contributed by atoms with Crippen LogP contribution in [0.25, 0.3) is 43.8 Å². The van der Waals surface area contributed by atoms with Gasteiger partial charge in [-0.2, -0.15) is 0 Å². The van der Waals surface area contributed by atoms with Gasteiger partial charge in [0.05, 0.1) is 0 Å². The number of hydrogen-bond acceptors (Lipinski definition) is 1. The normalized spacial score (nSPS) is 17.2. The van der Waals surface area contributed by atoms with Gasteiger partial charge in [0.1, 0.15) is 11.2 Å². The molecule has 0 N–H and O–H groups in total. The Labute approximate surface area is 194 Å². The van der Waals surface area contributed by atoms with Crippen LogP contribution in [0.4, 0.5) is 0 Å². The molecule has 6 rings (SSSR count). The van der Waals surface area contributed by atoms with E-state index in [1.54, 1.807) is 0 Å². The van der Waals surface area contributed by atoms with Crippen LogP contribution >= 0.6 is 11.6 Å². The van der Waals surface area contributed by atoms with Crippen molar-refractivity contribution in [1.29, 1.82) is 0 Å². The molecule has 32 heavy (non-hydrogen) atoms. The maximum absolute atomic E-state index is 6.37. The fraction of sp³-hybridized carbons (Fsp3) is 0.267. The molecule has 1 nitrogen and oxygen atoms in total. The zero-order chi connectivity index (χ0) is 22.3. The molecule has 0 amide bonds. The Bertz CT molecular complexity index is 1530. The van der Waals surface area contributed by atoms with Crippen LogP contribution in [0.2, 0.25) is 5.02 Å². The SMILES string of the molecule is CC1(C)CCC(C)(C)c2cc3c(cc21)oc1ccc(-c2ccc4c(Cl)cccc4c2)cc13. The lowest BCUT2D eigenvalue weighted by molar-refractivity contribution is 0.332. The first-order valence-corrected chi connectivity index (χ1v) is 11.8. The van der Waals surface area contributed by atoms with Gasteiger partial charge >= 0.3 is 0 Å². The largest absolute Gasteiger partial charge is 0.456 e. The molecule has 4 aromatic carbocycles. The van der Waals surface area contributed by atoms with Crippen molar-refractivity contribution < 1.29 is 4.42 Å². The van der Waals surface area contributed by atoms with Gasteiger partial charge in [0.25, 0.3) is 0 Å². The van der Waals surface area contributed by atoms with Gasteiger partial charge in [-0.1, -0.05) is 69.6 Å². The maximum Gasteiger partial charge on any atom is 0.135 e. The van der Waals surface area contributed by atoms with E-state index in [1.807, 2.05) is 12.1 Å². The van der Waals surface area contributed by atoms with Crippen molar-refractivity contribution in [1.82, 2.24) is 0 Å². The summed E-state index contributed by atoms with van der Waals surface area (Å²) in [5.41, 5.74) is 7.59. The lowest BCUT2D eigenvalue weighted by Crippen LogP contribution is -2.33. The first-order chi connectivity index (χ1) is 15.2. The molecule has 0 unspecified atom stereocenters. The molecule has 0 fully saturated rings. The Morgan fingerprint density at radius 2 is 1.31 bits per heavy atom. The minimum atomic E-state index is 0.176. The fourth-order valence-corrected chi connectivity index (χ4v) is 5.68. The van der Waals surface area contributed by atoms with Crippen LogP contribution < -0.4 is 0 Å². The first kappa shape index (κ1) is 19.9. The Morgan fingerprint density at radius 3 is 2.09 bits per heavy atom. The molecule has 160 valence electrons. The molecule has 0 spiro atoms. The van der Waals surface area contributed by atoms with Crippen molar-refractivity contribution in [3.8, 4) is 11.1 Å². The highest BCUT2D eigenvalue weighted by atomic mass is 35.5. The summed E-state index contributed by atoms with van der Waals surface area (Å²) in [6.07, 6.45) is 2.41. The smallest absolute Gasteiger partial charge is 0.135 e. The molecule has 1 aromatic heterocycles. The molecule has 0 saturated heterocycles. The number of halogens is 1. The molecule has 1 aliphatic carbocycles. The second-order valence-corrected chi connectivity index (χ2v) is 11.1. The highest BCUT2D eigenvalue weighted by Gasteiger charge is 2.37. The third-order valence-corrected chi connectivity index (χ3v) is 7.93. The quantitative estimate of drug-likeness (QED) is 0.254. The Morgan fingerprint density at radius 1 is 0.656 bits per heavy atom. The summed E-state index contributed by atoms with van der Waals surface area (Å²) in [5.74, 6) is 0. The molecule has 0 saturated carbocycles. The average molecular weight is 439 g/mol. The van der Waals surface area contributed by atoms with Crippen molar-refractivity contribution in [3.05, 3.63) is 82.9 Å². The molecule has 5 aromatic rings. The van der Waals surface area contributed by atoms with E-state index < -0.39 is 0 Å². The second kappa shape index (κ2) is 6.62. The third kappa shape index (κ3) is 2.91. The zero-order valence-electron chi connectivity index (χ0n) is 19.1. The van der Waals surface area contributed by atoms with Crippen molar-refractivity contribution in [2.45, 2.75) is 51.4 Å². The zero-order valence-corrected chi connectivity index (χ0v) is 19.8. The monoisotopic (exact) mass is 438 g/mol. The minimum absolute atomic E-state index is 0.176. The second-order valence-electron chi connectivity index (χ2n) is 10.7. The standard InChI is InChI=1S/C30H27ClO/c1-29(2)12-13-30(3,4)25-17-28-23(16-24(25)29)22-15-19(9-11-27(22)32-28)18-8-10-21-20(14-18)6-5-7-26(21)31/h5-11,14-17H,12-13H2,1-4H3. The van der Waals surface area contributed by atoms with Gasteiger partial charge in [0.2, 0.25) is 0 Å². The van der Waals surface area contributed by atoms with Gasteiger partial charge in [-0.3, -0.25) is 0 Å². The van der Waals surface area contributed by atoms with Crippen LogP contribution in [-0.4, -0.2) is 0 Å². The number of benzene rings is 4. The summed E-state index contributed by atoms with van der Waals surface area (Å²) in [7, 11) is 0. The van der Waals surface area contributed by atoms with Crippen LogP contribution in [-0.2, 0) is 10.8 Å². The molecule has 0 bridgehead atoms. The average Bonchev–Trinajstić information content (AvgIpc) is 3.13. The van der Waals surface area contributed by atoms with Gasteiger partial charge in [-0.05, 0) is 87.7 Å². The highest BCUT2D eigenvalue weighted by molar-refractivity contribution is 6.35. The third-order valence-electron chi connectivity index (χ3n) is 7.60. The first-order valence-electron chi connectivity index (χ1n) is 11.4. The number of furan rings is 1. The van der Waals surface area contributed by atoms with E-state index in [0.29, 0.717) is 0 Å². The predicted molar refractivity (Wildman–Crippen MR) is 137 cm³/mol. The van der Waals surface area contributed by atoms with Crippen molar-refractivity contribution in [2.24, 2.45) is 0 Å². The predicted octanol–water partition coefficient (Wildman–Crippen LogP) is 9.41. The van der Waals surface area contributed by atoms with E-state index in [-0.39, 0.29) is 10.8 Å². The lowest BCUT2D eigenvalue weighted by Gasteiger charge is -2.41. The minimum Gasteiger partial charge on any atom is -0.456 e. The highest BCUT2D eigenvalue weighted by Crippen LogP contribution is 2.48. The van der Waals surface area contributed by atoms with Crippen LogP contribution in [0.15, 0.2) is 71.1 Å². The summed E-state index contributed by atoms with van der Waals surface area (Å²) in [6, 6.07) is 23.8. The summed E-state index contributed by atoms with van der Waals surface area (Å²) < 4.78 is 6.34. The summed E-state index contributed by atoms with van der Waals surface area (Å²) >= 11 is 6.37. The molecule has 0 aliphatic heterocycles. The van der Waals surface area contributed by atoms with E-state index in [4.69, 9.17) is 16.0 Å². The van der Waals surface area contributed by atoms with Crippen molar-refractivity contribution in [2.75, 3.05) is 0 Å². The maximum atomic E-state index is 6.37. The van der Waals surface area contributed by atoms with Crippen LogP contribution in [0.5, 0.6) is 0 Å². The molecule has 0 radical (unpaired) electrons. The van der Waals surface area contributed by atoms with Gasteiger partial charge in [-0.15, -0.1) is 0 Å². The Balaban J connectivity index is 1.57. The van der Waals surface area contributed by atoms with E-state index in [0.717, 1.165) is 27.0 Å². The van der Waals surface area contributed by atoms with Gasteiger partial charge < -0.3 is 4.42 Å². The van der Waals surface area contributed by atoms with Gasteiger partial charge in [0.15, 0.2) is 0 Å². The Hall–Kier alpha value is -2.77. The van der Waals surface area contributed by atoms with Gasteiger partial charge in [0, 0.05) is 21.2 Å². The molecule has 1 aliphatic rings.